The van der Waals surface area contributed by atoms with Crippen molar-refractivity contribution in [1.82, 2.24) is 19.8 Å². The van der Waals surface area contributed by atoms with Gasteiger partial charge in [-0.1, -0.05) is 12.1 Å². The molecule has 8 heteroatoms. The lowest BCUT2D eigenvalue weighted by atomic mass is 10.1. The minimum Gasteiger partial charge on any atom is -0.444 e. The zero-order valence-corrected chi connectivity index (χ0v) is 21.7. The highest BCUT2D eigenvalue weighted by Crippen LogP contribution is 2.30. The molecule has 0 spiro atoms. The summed E-state index contributed by atoms with van der Waals surface area (Å²) < 4.78 is 5.54. The van der Waals surface area contributed by atoms with Gasteiger partial charge < -0.3 is 19.9 Å². The van der Waals surface area contributed by atoms with Crippen LogP contribution in [0.15, 0.2) is 48.8 Å². The summed E-state index contributed by atoms with van der Waals surface area (Å²) in [6.07, 6.45) is 4.07. The van der Waals surface area contributed by atoms with Crippen molar-refractivity contribution in [3.05, 3.63) is 54.4 Å². The summed E-state index contributed by atoms with van der Waals surface area (Å²) in [6, 6.07) is 11.6. The maximum atomic E-state index is 12.7. The Hall–Kier alpha value is -3.68. The van der Waals surface area contributed by atoms with Crippen molar-refractivity contribution >= 4 is 28.6 Å². The fourth-order valence-electron chi connectivity index (χ4n) is 4.40. The third-order valence-corrected chi connectivity index (χ3v) is 6.29. The van der Waals surface area contributed by atoms with Crippen LogP contribution in [-0.2, 0) is 4.74 Å². The zero-order valence-electron chi connectivity index (χ0n) is 21.7. The molecule has 1 aliphatic rings. The Morgan fingerprint density at radius 2 is 1.86 bits per heavy atom. The number of hydrogen-bond donors (Lipinski definition) is 1. The second-order valence-corrected chi connectivity index (χ2v) is 10.1. The van der Waals surface area contributed by atoms with Crippen LogP contribution in [-0.4, -0.2) is 69.6 Å². The number of amides is 2. The van der Waals surface area contributed by atoms with Crippen LogP contribution in [0.3, 0.4) is 0 Å². The number of rotatable bonds is 6. The maximum Gasteiger partial charge on any atom is 0.410 e. The first kappa shape index (κ1) is 25.4. The van der Waals surface area contributed by atoms with E-state index < -0.39 is 5.60 Å². The smallest absolute Gasteiger partial charge is 0.410 e. The van der Waals surface area contributed by atoms with Crippen molar-refractivity contribution in [3.8, 4) is 11.3 Å². The van der Waals surface area contributed by atoms with E-state index in [1.54, 1.807) is 22.2 Å². The normalized spacial score (nSPS) is 15.7. The lowest BCUT2D eigenvalue weighted by Crippen LogP contribution is -2.36. The van der Waals surface area contributed by atoms with Crippen molar-refractivity contribution in [3.63, 3.8) is 0 Å². The van der Waals surface area contributed by atoms with Crippen LogP contribution in [0, 0.1) is 0 Å². The number of nitrogens with one attached hydrogen (secondary N) is 1. The quantitative estimate of drug-likeness (QED) is 0.512. The van der Waals surface area contributed by atoms with Crippen molar-refractivity contribution in [2.75, 3.05) is 31.5 Å². The second kappa shape index (κ2) is 10.5. The summed E-state index contributed by atoms with van der Waals surface area (Å²) in [5.41, 5.74) is 3.63. The third-order valence-electron chi connectivity index (χ3n) is 6.29. The first-order valence-electron chi connectivity index (χ1n) is 12.6. The lowest BCUT2D eigenvalue weighted by molar-refractivity contribution is 0.0293. The van der Waals surface area contributed by atoms with Crippen molar-refractivity contribution < 1.29 is 14.3 Å². The Labute approximate surface area is 212 Å². The number of hydrogen-bond acceptors (Lipinski definition) is 6. The standard InChI is InChI=1S/C28H35N5O3/c1-6-32(7-2)26(34)20-10-8-19(9-11-20)24-16-25(22-17-29-14-12-23(22)31-24)30-21-13-15-33(18-21)27(35)36-28(3,4)5/h8-12,14,16-17,21H,6-7,13,15,18H2,1-5H3,(H,30,31). The molecule has 2 amide bonds. The SMILES string of the molecule is CCN(CC)C(=O)c1ccc(-c2cc(NC3CCN(C(=O)OC(C)(C)C)C3)c3cnccc3n2)cc1. The van der Waals surface area contributed by atoms with Gasteiger partial charge in [0.15, 0.2) is 0 Å². The summed E-state index contributed by atoms with van der Waals surface area (Å²) >= 11 is 0. The zero-order chi connectivity index (χ0) is 25.9. The van der Waals surface area contributed by atoms with Crippen molar-refractivity contribution in [2.24, 2.45) is 0 Å². The van der Waals surface area contributed by atoms with Gasteiger partial charge in [-0.25, -0.2) is 9.78 Å². The van der Waals surface area contributed by atoms with Gasteiger partial charge in [0.2, 0.25) is 0 Å². The molecule has 1 atom stereocenters. The fraction of sp³-hybridized carbons (Fsp3) is 0.429. The van der Waals surface area contributed by atoms with Crippen molar-refractivity contribution in [2.45, 2.75) is 52.7 Å². The van der Waals surface area contributed by atoms with Crippen molar-refractivity contribution in [1.29, 1.82) is 0 Å². The van der Waals surface area contributed by atoms with Gasteiger partial charge in [0.25, 0.3) is 5.91 Å². The molecule has 0 bridgehead atoms. The van der Waals surface area contributed by atoms with Gasteiger partial charge in [0.05, 0.1) is 11.2 Å². The molecule has 0 saturated carbocycles. The number of likely N-dealkylation sites (tertiary alicyclic amines) is 1. The molecule has 3 aromatic rings. The maximum absolute atomic E-state index is 12.7. The predicted octanol–water partition coefficient (Wildman–Crippen LogP) is 5.20. The highest BCUT2D eigenvalue weighted by atomic mass is 16.6. The first-order valence-corrected chi connectivity index (χ1v) is 12.6. The summed E-state index contributed by atoms with van der Waals surface area (Å²) in [7, 11) is 0. The third kappa shape index (κ3) is 5.75. The number of carbonyl (C=O) groups excluding carboxylic acids is 2. The molecule has 1 saturated heterocycles. The summed E-state index contributed by atoms with van der Waals surface area (Å²) in [6.45, 7) is 12.2. The molecule has 1 unspecified atom stereocenters. The van der Waals surface area contributed by atoms with Crippen LogP contribution in [0.2, 0.25) is 0 Å². The molecule has 2 aromatic heterocycles. The van der Waals surface area contributed by atoms with E-state index in [0.29, 0.717) is 31.7 Å². The highest BCUT2D eigenvalue weighted by Gasteiger charge is 2.30. The first-order chi connectivity index (χ1) is 17.2. The Balaban J connectivity index is 1.57. The molecule has 1 aliphatic heterocycles. The van der Waals surface area contributed by atoms with Gasteiger partial charge in [0.1, 0.15) is 5.60 Å². The molecule has 1 N–H and O–H groups in total. The minimum absolute atomic E-state index is 0.0298. The number of pyridine rings is 2. The molecule has 3 heterocycles. The van der Waals surface area contributed by atoms with Crippen LogP contribution >= 0.6 is 0 Å². The number of ether oxygens (including phenoxy) is 1. The van der Waals surface area contributed by atoms with E-state index in [2.05, 4.69) is 10.3 Å². The molecule has 1 fully saturated rings. The van der Waals surface area contributed by atoms with E-state index in [1.807, 2.05) is 71.0 Å². The highest BCUT2D eigenvalue weighted by molar-refractivity contribution is 5.95. The van der Waals surface area contributed by atoms with Crippen LogP contribution in [0.5, 0.6) is 0 Å². The molecule has 0 radical (unpaired) electrons. The molecule has 1 aromatic carbocycles. The monoisotopic (exact) mass is 489 g/mol. The summed E-state index contributed by atoms with van der Waals surface area (Å²) in [4.78, 5) is 37.9. The van der Waals surface area contributed by atoms with Gasteiger partial charge in [0, 0.05) is 66.8 Å². The minimum atomic E-state index is -0.518. The molecule has 0 aliphatic carbocycles. The average Bonchev–Trinajstić information content (AvgIpc) is 3.32. The van der Waals surface area contributed by atoms with E-state index in [1.165, 1.54) is 0 Å². The molecular formula is C28H35N5O3. The molecule has 8 nitrogen and oxygen atoms in total. The topological polar surface area (TPSA) is 87.7 Å². The fourth-order valence-corrected chi connectivity index (χ4v) is 4.40. The molecule has 190 valence electrons. The van der Waals surface area contributed by atoms with Gasteiger partial charge >= 0.3 is 6.09 Å². The Kier molecular flexibility index (Phi) is 7.43. The second-order valence-electron chi connectivity index (χ2n) is 10.1. The predicted molar refractivity (Wildman–Crippen MR) is 142 cm³/mol. The van der Waals surface area contributed by atoms with Crippen LogP contribution in [0.25, 0.3) is 22.2 Å². The van der Waals surface area contributed by atoms with E-state index in [9.17, 15) is 9.59 Å². The van der Waals surface area contributed by atoms with E-state index in [-0.39, 0.29) is 18.0 Å². The largest absolute Gasteiger partial charge is 0.444 e. The summed E-state index contributed by atoms with van der Waals surface area (Å²) in [5.74, 6) is 0.0298. The van der Waals surface area contributed by atoms with Gasteiger partial charge in [-0.15, -0.1) is 0 Å². The number of fused-ring (bicyclic) bond motifs is 1. The Bertz CT molecular complexity index is 1230. The Morgan fingerprint density at radius 3 is 2.53 bits per heavy atom. The molecule has 4 rings (SSSR count). The van der Waals surface area contributed by atoms with Gasteiger partial charge in [-0.3, -0.25) is 9.78 Å². The van der Waals surface area contributed by atoms with Gasteiger partial charge in [-0.2, -0.15) is 0 Å². The lowest BCUT2D eigenvalue weighted by Gasteiger charge is -2.24. The molecule has 36 heavy (non-hydrogen) atoms. The molecular weight excluding hydrogens is 454 g/mol. The summed E-state index contributed by atoms with van der Waals surface area (Å²) in [5, 5.41) is 4.53. The number of carbonyl (C=O) groups is 2. The van der Waals surface area contributed by atoms with Crippen LogP contribution in [0.1, 0.15) is 51.4 Å². The van der Waals surface area contributed by atoms with Gasteiger partial charge in [-0.05, 0) is 65.3 Å². The number of aromatic nitrogens is 2. The number of benzene rings is 1. The van der Waals surface area contributed by atoms with E-state index in [4.69, 9.17) is 9.72 Å². The average molecular weight is 490 g/mol. The van der Waals surface area contributed by atoms with E-state index >= 15 is 0 Å². The van der Waals surface area contributed by atoms with E-state index in [0.717, 1.165) is 34.3 Å². The number of anilines is 1. The number of nitrogens with zero attached hydrogens (tertiary/aromatic N) is 4. The van der Waals surface area contributed by atoms with Crippen LogP contribution < -0.4 is 5.32 Å². The van der Waals surface area contributed by atoms with Crippen LogP contribution in [0.4, 0.5) is 10.5 Å². The Morgan fingerprint density at radius 1 is 1.14 bits per heavy atom.